The summed E-state index contributed by atoms with van der Waals surface area (Å²) in [5.74, 6) is -0.264. The van der Waals surface area contributed by atoms with Crippen LogP contribution < -0.4 is 4.74 Å². The summed E-state index contributed by atoms with van der Waals surface area (Å²) in [5.41, 5.74) is 5.95. The highest BCUT2D eigenvalue weighted by Crippen LogP contribution is 2.32. The van der Waals surface area contributed by atoms with Gasteiger partial charge < -0.3 is 14.0 Å². The van der Waals surface area contributed by atoms with Crippen LogP contribution in [0.5, 0.6) is 5.75 Å². The number of ether oxygens (including phenoxy) is 2. The predicted octanol–water partition coefficient (Wildman–Crippen LogP) is 6.60. The van der Waals surface area contributed by atoms with Gasteiger partial charge in [0.05, 0.1) is 24.8 Å². The number of benzene rings is 3. The van der Waals surface area contributed by atoms with E-state index in [1.165, 1.54) is 17.7 Å². The van der Waals surface area contributed by atoms with E-state index in [4.69, 9.17) is 4.74 Å². The number of imidazole rings is 1. The Bertz CT molecular complexity index is 1220. The minimum Gasteiger partial charge on any atom is -0.406 e. The highest BCUT2D eigenvalue weighted by molar-refractivity contribution is 5.67. The van der Waals surface area contributed by atoms with Gasteiger partial charge in [0.2, 0.25) is 0 Å². The molecule has 1 atom stereocenters. The number of rotatable bonds is 7. The van der Waals surface area contributed by atoms with Gasteiger partial charge in [-0.1, -0.05) is 54.6 Å². The van der Waals surface area contributed by atoms with E-state index < -0.39 is 12.5 Å². The predicted molar refractivity (Wildman–Crippen MR) is 120 cm³/mol. The monoisotopic (exact) mass is 452 g/mol. The molecule has 0 saturated carbocycles. The third-order valence-electron chi connectivity index (χ3n) is 5.34. The molecule has 7 heteroatoms. The normalized spacial score (nSPS) is 12.5. The van der Waals surface area contributed by atoms with Crippen molar-refractivity contribution in [3.8, 4) is 16.9 Å². The average Bonchev–Trinajstić information content (AvgIpc) is 3.20. The summed E-state index contributed by atoms with van der Waals surface area (Å²) < 4.78 is 49.3. The van der Waals surface area contributed by atoms with E-state index in [0.717, 1.165) is 27.9 Å². The maximum Gasteiger partial charge on any atom is 0.573 e. The van der Waals surface area contributed by atoms with Crippen molar-refractivity contribution in [1.29, 1.82) is 0 Å². The Labute approximate surface area is 190 Å². The van der Waals surface area contributed by atoms with Crippen LogP contribution in [0.2, 0.25) is 0 Å². The molecule has 3 aromatic carbocycles. The summed E-state index contributed by atoms with van der Waals surface area (Å²) in [5, 5.41) is 0. The summed E-state index contributed by atoms with van der Waals surface area (Å²) in [6.07, 6.45) is -1.66. The van der Waals surface area contributed by atoms with Crippen molar-refractivity contribution in [2.24, 2.45) is 7.05 Å². The van der Waals surface area contributed by atoms with Gasteiger partial charge in [-0.25, -0.2) is 4.98 Å². The highest BCUT2D eigenvalue weighted by Gasteiger charge is 2.31. The highest BCUT2D eigenvalue weighted by atomic mass is 19.4. The second kappa shape index (κ2) is 9.50. The summed E-state index contributed by atoms with van der Waals surface area (Å²) >= 11 is 0. The molecule has 0 N–H and O–H groups in total. The van der Waals surface area contributed by atoms with Crippen molar-refractivity contribution in [2.45, 2.75) is 26.0 Å². The van der Waals surface area contributed by atoms with Crippen LogP contribution >= 0.6 is 0 Å². The Morgan fingerprint density at radius 2 is 1.73 bits per heavy atom. The van der Waals surface area contributed by atoms with E-state index in [1.807, 2.05) is 35.9 Å². The SMILES string of the molecule is Cc1ccccc1-c1cccc(C(OCc2ccc(OC(F)(F)F)cc2)c2cncn2C)c1. The van der Waals surface area contributed by atoms with Crippen molar-refractivity contribution in [2.75, 3.05) is 0 Å². The fraction of sp³-hybridized carbons (Fsp3) is 0.192. The number of hydrogen-bond acceptors (Lipinski definition) is 3. The lowest BCUT2D eigenvalue weighted by Gasteiger charge is -2.20. The fourth-order valence-corrected chi connectivity index (χ4v) is 3.71. The molecule has 4 rings (SSSR count). The lowest BCUT2D eigenvalue weighted by molar-refractivity contribution is -0.274. The first-order valence-corrected chi connectivity index (χ1v) is 10.4. The molecule has 0 fully saturated rings. The molecule has 170 valence electrons. The van der Waals surface area contributed by atoms with Crippen LogP contribution in [0.4, 0.5) is 13.2 Å². The van der Waals surface area contributed by atoms with Crippen molar-refractivity contribution in [1.82, 2.24) is 9.55 Å². The molecule has 1 aromatic heterocycles. The zero-order valence-electron chi connectivity index (χ0n) is 18.2. The topological polar surface area (TPSA) is 36.3 Å². The van der Waals surface area contributed by atoms with Crippen molar-refractivity contribution in [3.63, 3.8) is 0 Å². The first-order valence-electron chi connectivity index (χ1n) is 10.4. The van der Waals surface area contributed by atoms with Gasteiger partial charge in [0.1, 0.15) is 11.9 Å². The molecule has 4 nitrogen and oxygen atoms in total. The van der Waals surface area contributed by atoms with Crippen LogP contribution in [-0.4, -0.2) is 15.9 Å². The number of halogens is 3. The molecular weight excluding hydrogens is 429 g/mol. The molecule has 0 aliphatic heterocycles. The van der Waals surface area contributed by atoms with Gasteiger partial charge >= 0.3 is 6.36 Å². The number of hydrogen-bond donors (Lipinski definition) is 0. The van der Waals surface area contributed by atoms with E-state index in [-0.39, 0.29) is 12.4 Å². The van der Waals surface area contributed by atoms with E-state index in [9.17, 15) is 13.2 Å². The first kappa shape index (κ1) is 22.6. The van der Waals surface area contributed by atoms with Crippen LogP contribution in [0.3, 0.4) is 0 Å². The Morgan fingerprint density at radius 1 is 0.970 bits per heavy atom. The minimum absolute atomic E-state index is 0.205. The van der Waals surface area contributed by atoms with Gasteiger partial charge in [-0.05, 0) is 52.9 Å². The maximum absolute atomic E-state index is 12.4. The molecule has 0 bridgehead atoms. The summed E-state index contributed by atoms with van der Waals surface area (Å²) in [6, 6.07) is 22.0. The first-order chi connectivity index (χ1) is 15.8. The van der Waals surface area contributed by atoms with E-state index in [0.29, 0.717) is 0 Å². The Balaban J connectivity index is 1.59. The molecule has 0 saturated heterocycles. The molecule has 0 radical (unpaired) electrons. The molecule has 0 aliphatic rings. The quantitative estimate of drug-likeness (QED) is 0.317. The van der Waals surface area contributed by atoms with Crippen molar-refractivity contribution < 1.29 is 22.6 Å². The second-order valence-corrected chi connectivity index (χ2v) is 7.75. The molecular formula is C26H23F3N2O2. The molecule has 1 heterocycles. The van der Waals surface area contributed by atoms with Gasteiger partial charge in [-0.15, -0.1) is 13.2 Å². The van der Waals surface area contributed by atoms with Crippen LogP contribution in [0.15, 0.2) is 85.3 Å². The molecule has 1 unspecified atom stereocenters. The summed E-state index contributed by atoms with van der Waals surface area (Å²) in [7, 11) is 1.90. The smallest absolute Gasteiger partial charge is 0.406 e. The Morgan fingerprint density at radius 3 is 2.39 bits per heavy atom. The van der Waals surface area contributed by atoms with E-state index in [2.05, 4.69) is 40.9 Å². The van der Waals surface area contributed by atoms with E-state index in [1.54, 1.807) is 24.7 Å². The number of aryl methyl sites for hydroxylation is 2. The van der Waals surface area contributed by atoms with E-state index >= 15 is 0 Å². The van der Waals surface area contributed by atoms with Gasteiger partial charge in [0.25, 0.3) is 0 Å². The number of aromatic nitrogens is 2. The van der Waals surface area contributed by atoms with Gasteiger partial charge in [0, 0.05) is 7.05 Å². The summed E-state index contributed by atoms with van der Waals surface area (Å²) in [6.45, 7) is 2.28. The fourth-order valence-electron chi connectivity index (χ4n) is 3.71. The molecule has 0 spiro atoms. The zero-order valence-corrected chi connectivity index (χ0v) is 18.2. The average molecular weight is 452 g/mol. The zero-order chi connectivity index (χ0) is 23.4. The largest absolute Gasteiger partial charge is 0.573 e. The number of nitrogens with zero attached hydrogens (tertiary/aromatic N) is 2. The minimum atomic E-state index is -4.72. The standard InChI is InChI=1S/C26H23F3N2O2/c1-18-6-3-4-9-23(18)20-7-5-8-21(14-20)25(24-15-30-17-31(24)2)32-16-19-10-12-22(13-11-19)33-26(27,28)29/h3-15,17,25H,16H2,1-2H3. The third kappa shape index (κ3) is 5.62. The van der Waals surface area contributed by atoms with Gasteiger partial charge in [-0.2, -0.15) is 0 Å². The lowest BCUT2D eigenvalue weighted by atomic mass is 9.96. The van der Waals surface area contributed by atoms with Gasteiger partial charge in [0.15, 0.2) is 0 Å². The van der Waals surface area contributed by atoms with Gasteiger partial charge in [-0.3, -0.25) is 0 Å². The van der Waals surface area contributed by atoms with Crippen molar-refractivity contribution in [3.05, 3.63) is 108 Å². The molecule has 0 aliphatic carbocycles. The Hall–Kier alpha value is -3.58. The van der Waals surface area contributed by atoms with Crippen LogP contribution in [0.1, 0.15) is 28.5 Å². The maximum atomic E-state index is 12.4. The lowest BCUT2D eigenvalue weighted by Crippen LogP contribution is -2.17. The summed E-state index contributed by atoms with van der Waals surface area (Å²) in [4.78, 5) is 4.22. The molecule has 33 heavy (non-hydrogen) atoms. The third-order valence-corrected chi connectivity index (χ3v) is 5.34. The van der Waals surface area contributed by atoms with Crippen molar-refractivity contribution >= 4 is 0 Å². The Kier molecular flexibility index (Phi) is 6.51. The van der Waals surface area contributed by atoms with Crippen LogP contribution in [0, 0.1) is 6.92 Å². The second-order valence-electron chi connectivity index (χ2n) is 7.75. The number of alkyl halides is 3. The van der Waals surface area contributed by atoms with Crippen LogP contribution in [-0.2, 0) is 18.4 Å². The molecule has 4 aromatic rings. The van der Waals surface area contributed by atoms with Crippen LogP contribution in [0.25, 0.3) is 11.1 Å². The molecule has 0 amide bonds.